The van der Waals surface area contributed by atoms with Crippen LogP contribution in [0.3, 0.4) is 0 Å². The summed E-state index contributed by atoms with van der Waals surface area (Å²) in [5.74, 6) is -4.10. The van der Waals surface area contributed by atoms with Crippen LogP contribution in [-0.2, 0) is 66.0 Å². The molecule has 1 aliphatic heterocycles. The Bertz CT molecular complexity index is 834. The van der Waals surface area contributed by atoms with Crippen molar-refractivity contribution in [2.45, 2.75) is 70.3 Å². The largest absolute Gasteiger partial charge is 0.468 e. The smallest absolute Gasteiger partial charge is 0.344 e. The van der Waals surface area contributed by atoms with E-state index in [-0.39, 0.29) is 0 Å². The SMILES string of the molecule is COC(=O)C(C[C@H]1O[C@H](COC(C)=O)[C@@H](OC(C)=O)[C@H](OC(C)=O)[C@@H]1OC(C)=O)P(=O)(OC)OC. The molecule has 0 aliphatic carbocycles. The first-order valence-corrected chi connectivity index (χ1v) is 12.0. The molecule has 0 N–H and O–H groups in total. The monoisotopic (exact) mass is 526 g/mol. The third-order valence-corrected chi connectivity index (χ3v) is 7.11. The lowest BCUT2D eigenvalue weighted by Gasteiger charge is -2.45. The molecule has 200 valence electrons. The van der Waals surface area contributed by atoms with E-state index >= 15 is 0 Å². The van der Waals surface area contributed by atoms with E-state index < -0.39 is 86.6 Å². The lowest BCUT2D eigenvalue weighted by Crippen LogP contribution is -2.63. The van der Waals surface area contributed by atoms with Gasteiger partial charge in [-0.05, 0) is 0 Å². The van der Waals surface area contributed by atoms with Gasteiger partial charge in [-0.15, -0.1) is 0 Å². The van der Waals surface area contributed by atoms with E-state index in [1.54, 1.807) is 0 Å². The molecule has 35 heavy (non-hydrogen) atoms. The number of hydrogen-bond acceptors (Lipinski definition) is 14. The highest BCUT2D eigenvalue weighted by Gasteiger charge is 2.54. The van der Waals surface area contributed by atoms with E-state index in [2.05, 4.69) is 0 Å². The number of ether oxygens (including phenoxy) is 6. The molecule has 0 aromatic heterocycles. The maximum atomic E-state index is 13.1. The molecular weight excluding hydrogens is 495 g/mol. The Morgan fingerprint density at radius 2 is 1.20 bits per heavy atom. The van der Waals surface area contributed by atoms with E-state index in [1.165, 1.54) is 0 Å². The minimum atomic E-state index is -4.10. The average molecular weight is 526 g/mol. The van der Waals surface area contributed by atoms with Crippen molar-refractivity contribution in [1.82, 2.24) is 0 Å². The molecule has 1 fully saturated rings. The van der Waals surface area contributed by atoms with Gasteiger partial charge in [0.2, 0.25) is 0 Å². The molecule has 1 unspecified atom stereocenters. The Hall–Kier alpha value is -2.54. The van der Waals surface area contributed by atoms with Crippen molar-refractivity contribution in [3.8, 4) is 0 Å². The maximum absolute atomic E-state index is 13.1. The summed E-state index contributed by atoms with van der Waals surface area (Å²) in [5, 5.41) is 0. The van der Waals surface area contributed by atoms with Crippen LogP contribution >= 0.6 is 7.60 Å². The molecule has 1 heterocycles. The van der Waals surface area contributed by atoms with Crippen LogP contribution in [0.25, 0.3) is 0 Å². The molecule has 6 atom stereocenters. The summed E-state index contributed by atoms with van der Waals surface area (Å²) in [6.07, 6.45) is -7.26. The van der Waals surface area contributed by atoms with Gasteiger partial charge in [-0.1, -0.05) is 0 Å². The van der Waals surface area contributed by atoms with Gasteiger partial charge in [0.1, 0.15) is 18.8 Å². The molecule has 0 radical (unpaired) electrons. The summed E-state index contributed by atoms with van der Waals surface area (Å²) in [5.41, 5.74) is -1.55. The highest BCUT2D eigenvalue weighted by atomic mass is 31.2. The molecule has 0 aromatic rings. The minimum Gasteiger partial charge on any atom is -0.468 e. The second-order valence-electron chi connectivity index (χ2n) is 7.42. The topological polar surface area (TPSA) is 176 Å². The Kier molecular flexibility index (Phi) is 11.8. The van der Waals surface area contributed by atoms with Gasteiger partial charge in [0.05, 0.1) is 7.11 Å². The molecule has 1 saturated heterocycles. The highest BCUT2D eigenvalue weighted by molar-refractivity contribution is 7.55. The fraction of sp³-hybridized carbons (Fsp3) is 0.750. The quantitative estimate of drug-likeness (QED) is 0.207. The van der Waals surface area contributed by atoms with Crippen LogP contribution in [0.1, 0.15) is 34.1 Å². The molecule has 0 saturated carbocycles. The fourth-order valence-electron chi connectivity index (χ4n) is 3.55. The van der Waals surface area contributed by atoms with Crippen LogP contribution in [0, 0.1) is 0 Å². The molecule has 1 rings (SSSR count). The normalized spacial score (nSPS) is 25.1. The van der Waals surface area contributed by atoms with Crippen molar-refractivity contribution in [3.05, 3.63) is 0 Å². The number of carbonyl (C=O) groups is 5. The summed E-state index contributed by atoms with van der Waals surface area (Å²) in [6, 6.07) is 0. The number of hydrogen-bond donors (Lipinski definition) is 0. The van der Waals surface area contributed by atoms with Crippen molar-refractivity contribution in [1.29, 1.82) is 0 Å². The van der Waals surface area contributed by atoms with E-state index in [1.807, 2.05) is 0 Å². The molecule has 0 amide bonds. The van der Waals surface area contributed by atoms with E-state index in [0.29, 0.717) is 0 Å². The minimum absolute atomic E-state index is 0.455. The van der Waals surface area contributed by atoms with Gasteiger partial charge in [0.25, 0.3) is 0 Å². The van der Waals surface area contributed by atoms with Gasteiger partial charge in [-0.3, -0.25) is 28.5 Å². The molecular formula is C20H31O14P. The lowest BCUT2D eigenvalue weighted by molar-refractivity contribution is -0.253. The Morgan fingerprint density at radius 3 is 1.60 bits per heavy atom. The number of carbonyl (C=O) groups excluding carboxylic acids is 5. The number of rotatable bonds is 11. The Labute approximate surface area is 202 Å². The first-order chi connectivity index (χ1) is 16.3. The Morgan fingerprint density at radius 1 is 0.743 bits per heavy atom. The van der Waals surface area contributed by atoms with Crippen LogP contribution in [0.4, 0.5) is 0 Å². The lowest BCUT2D eigenvalue weighted by atomic mass is 9.91. The Balaban J connectivity index is 3.59. The maximum Gasteiger partial charge on any atom is 0.344 e. The zero-order valence-electron chi connectivity index (χ0n) is 20.5. The molecule has 0 aromatic carbocycles. The third-order valence-electron chi connectivity index (χ3n) is 4.91. The van der Waals surface area contributed by atoms with Crippen LogP contribution in [0.15, 0.2) is 0 Å². The third kappa shape index (κ3) is 8.57. The molecule has 14 nitrogen and oxygen atoms in total. The van der Waals surface area contributed by atoms with Gasteiger partial charge in [-0.2, -0.15) is 0 Å². The zero-order valence-corrected chi connectivity index (χ0v) is 21.4. The first kappa shape index (κ1) is 30.5. The van der Waals surface area contributed by atoms with Crippen molar-refractivity contribution >= 4 is 37.4 Å². The van der Waals surface area contributed by atoms with Crippen molar-refractivity contribution < 1.29 is 66.0 Å². The summed E-state index contributed by atoms with van der Waals surface area (Å²) in [7, 11) is -0.921. The molecule has 0 bridgehead atoms. The van der Waals surface area contributed by atoms with Crippen LogP contribution in [0.5, 0.6) is 0 Å². The zero-order chi connectivity index (χ0) is 26.9. The van der Waals surface area contributed by atoms with E-state index in [4.69, 9.17) is 37.5 Å². The fourth-order valence-corrected chi connectivity index (χ4v) is 5.03. The summed E-state index contributed by atoms with van der Waals surface area (Å²) < 4.78 is 54.6. The van der Waals surface area contributed by atoms with Crippen molar-refractivity contribution in [2.75, 3.05) is 27.9 Å². The number of esters is 5. The van der Waals surface area contributed by atoms with E-state index in [9.17, 15) is 28.5 Å². The average Bonchev–Trinajstić information content (AvgIpc) is 2.77. The highest BCUT2D eigenvalue weighted by Crippen LogP contribution is 2.54. The molecule has 15 heteroatoms. The van der Waals surface area contributed by atoms with Gasteiger partial charge < -0.3 is 37.5 Å². The summed E-state index contributed by atoms with van der Waals surface area (Å²) >= 11 is 0. The number of methoxy groups -OCH3 is 1. The van der Waals surface area contributed by atoms with Gasteiger partial charge >= 0.3 is 37.4 Å². The standard InChI is InChI=1S/C20H31O14P/c1-10(21)30-9-15-18(32-12(3)23)19(33-13(4)24)17(31-11(2)22)14(34-15)8-16(20(25)27-5)35(26,28-6)29-7/h14-19H,8-9H2,1-7H3/t14-,15-,16?,17-,18-,19-/m1/s1. The molecule has 0 spiro atoms. The second kappa shape index (κ2) is 13.5. The first-order valence-electron chi connectivity index (χ1n) is 10.4. The van der Waals surface area contributed by atoms with Crippen molar-refractivity contribution in [2.24, 2.45) is 0 Å². The van der Waals surface area contributed by atoms with E-state index in [0.717, 1.165) is 49.0 Å². The summed E-state index contributed by atoms with van der Waals surface area (Å²) in [6.45, 7) is 3.90. The van der Waals surface area contributed by atoms with Crippen LogP contribution in [0.2, 0.25) is 0 Å². The van der Waals surface area contributed by atoms with Gasteiger partial charge in [-0.25, -0.2) is 0 Å². The van der Waals surface area contributed by atoms with Crippen LogP contribution in [-0.4, -0.2) is 94.0 Å². The summed E-state index contributed by atoms with van der Waals surface area (Å²) in [4.78, 5) is 59.5. The van der Waals surface area contributed by atoms with Gasteiger partial charge in [0, 0.05) is 48.3 Å². The van der Waals surface area contributed by atoms with Crippen molar-refractivity contribution in [3.63, 3.8) is 0 Å². The second-order valence-corrected chi connectivity index (χ2v) is 9.85. The predicted octanol–water partition coefficient (Wildman–Crippen LogP) is 0.530. The van der Waals surface area contributed by atoms with Crippen LogP contribution < -0.4 is 0 Å². The molecule has 1 aliphatic rings. The van der Waals surface area contributed by atoms with Gasteiger partial charge in [0.15, 0.2) is 24.0 Å². The predicted molar refractivity (Wildman–Crippen MR) is 114 cm³/mol.